The van der Waals surface area contributed by atoms with E-state index in [9.17, 15) is 9.59 Å². The van der Waals surface area contributed by atoms with Crippen molar-refractivity contribution in [2.45, 2.75) is 20.0 Å². The predicted molar refractivity (Wildman–Crippen MR) is 100 cm³/mol. The molecule has 0 radical (unpaired) electrons. The predicted octanol–water partition coefficient (Wildman–Crippen LogP) is 4.30. The van der Waals surface area contributed by atoms with Crippen molar-refractivity contribution in [3.63, 3.8) is 0 Å². The van der Waals surface area contributed by atoms with E-state index in [-0.39, 0.29) is 0 Å². The number of carbonyl (C=O) groups is 2. The average molecular weight is 380 g/mol. The van der Waals surface area contributed by atoms with Gasteiger partial charge in [0.1, 0.15) is 5.75 Å². The molecule has 0 saturated heterocycles. The van der Waals surface area contributed by atoms with Crippen LogP contribution in [0, 0.1) is 6.92 Å². The third-order valence-corrected chi connectivity index (χ3v) is 4.46. The second-order valence-electron chi connectivity index (χ2n) is 5.26. The molecule has 2 rings (SSSR count). The topological polar surface area (TPSA) is 64.6 Å². The summed E-state index contributed by atoms with van der Waals surface area (Å²) in [7, 11) is 1.48. The number of hydrogen-bond acceptors (Lipinski definition) is 5. The summed E-state index contributed by atoms with van der Waals surface area (Å²) in [6.45, 7) is 3.32. The Morgan fingerprint density at radius 3 is 2.76 bits per heavy atom. The fraction of sp³-hybridized carbons (Fsp3) is 0.222. The van der Waals surface area contributed by atoms with Gasteiger partial charge in [-0.3, -0.25) is 4.79 Å². The lowest BCUT2D eigenvalue weighted by molar-refractivity contribution is -0.148. The first-order valence-electron chi connectivity index (χ1n) is 7.46. The zero-order valence-electron chi connectivity index (χ0n) is 14.0. The van der Waals surface area contributed by atoms with Crippen LogP contribution in [0.5, 0.6) is 5.75 Å². The third-order valence-electron chi connectivity index (χ3n) is 3.36. The SMILES string of the molecule is COc1cc(Cl)c(C)cc1NC(=O)[C@@H](C)OC(=O)/C=C/c1ccsc1. The number of benzene rings is 1. The van der Waals surface area contributed by atoms with E-state index in [1.807, 2.05) is 23.8 Å². The number of rotatable bonds is 6. The third kappa shape index (κ3) is 5.34. The van der Waals surface area contributed by atoms with Crippen LogP contribution in [0.1, 0.15) is 18.1 Å². The Kier molecular flexibility index (Phi) is 6.61. The van der Waals surface area contributed by atoms with Gasteiger partial charge >= 0.3 is 5.97 Å². The molecule has 132 valence electrons. The first kappa shape index (κ1) is 19.0. The molecule has 7 heteroatoms. The number of nitrogens with one attached hydrogen (secondary N) is 1. The van der Waals surface area contributed by atoms with Crippen molar-refractivity contribution >= 4 is 46.6 Å². The van der Waals surface area contributed by atoms with Crippen molar-refractivity contribution in [3.05, 3.63) is 51.2 Å². The Hall–Kier alpha value is -2.31. The quantitative estimate of drug-likeness (QED) is 0.600. The maximum atomic E-state index is 12.2. The molecule has 0 saturated carbocycles. The van der Waals surface area contributed by atoms with Crippen LogP contribution < -0.4 is 10.1 Å². The number of halogens is 1. The Balaban J connectivity index is 1.98. The molecule has 1 aromatic heterocycles. The number of aryl methyl sites for hydroxylation is 1. The molecule has 0 unspecified atom stereocenters. The molecular weight excluding hydrogens is 362 g/mol. The highest BCUT2D eigenvalue weighted by molar-refractivity contribution is 7.08. The van der Waals surface area contributed by atoms with Crippen molar-refractivity contribution in [2.24, 2.45) is 0 Å². The van der Waals surface area contributed by atoms with Crippen LogP contribution in [0.4, 0.5) is 5.69 Å². The molecule has 0 spiro atoms. The summed E-state index contributed by atoms with van der Waals surface area (Å²) in [5.74, 6) is -0.620. The largest absolute Gasteiger partial charge is 0.495 e. The molecule has 0 fully saturated rings. The fourth-order valence-corrected chi connectivity index (χ4v) is 2.75. The summed E-state index contributed by atoms with van der Waals surface area (Å²) in [6, 6.07) is 5.19. The second-order valence-corrected chi connectivity index (χ2v) is 6.45. The number of anilines is 1. The molecule has 2 aromatic rings. The van der Waals surface area contributed by atoms with Gasteiger partial charge in [-0.2, -0.15) is 11.3 Å². The van der Waals surface area contributed by atoms with E-state index in [2.05, 4.69) is 5.32 Å². The molecule has 1 atom stereocenters. The lowest BCUT2D eigenvalue weighted by atomic mass is 10.2. The average Bonchev–Trinajstić information content (AvgIpc) is 3.09. The highest BCUT2D eigenvalue weighted by Crippen LogP contribution is 2.31. The van der Waals surface area contributed by atoms with Gasteiger partial charge in [-0.15, -0.1) is 0 Å². The van der Waals surface area contributed by atoms with Gasteiger partial charge in [-0.05, 0) is 53.9 Å². The molecule has 0 aliphatic rings. The summed E-state index contributed by atoms with van der Waals surface area (Å²) >= 11 is 7.57. The van der Waals surface area contributed by atoms with Crippen LogP contribution in [0.15, 0.2) is 35.0 Å². The Morgan fingerprint density at radius 2 is 2.12 bits per heavy atom. The number of hydrogen-bond donors (Lipinski definition) is 1. The number of methoxy groups -OCH3 is 1. The van der Waals surface area contributed by atoms with Crippen molar-refractivity contribution in [2.75, 3.05) is 12.4 Å². The van der Waals surface area contributed by atoms with E-state index in [0.29, 0.717) is 16.5 Å². The van der Waals surface area contributed by atoms with Crippen LogP contribution in [0.2, 0.25) is 5.02 Å². The molecule has 1 amide bonds. The van der Waals surface area contributed by atoms with E-state index in [1.165, 1.54) is 31.4 Å². The van der Waals surface area contributed by atoms with Gasteiger partial charge in [0.15, 0.2) is 6.10 Å². The van der Waals surface area contributed by atoms with Crippen molar-refractivity contribution in [1.29, 1.82) is 0 Å². The van der Waals surface area contributed by atoms with Gasteiger partial charge in [0.2, 0.25) is 0 Å². The lowest BCUT2D eigenvalue weighted by Gasteiger charge is -2.15. The van der Waals surface area contributed by atoms with Crippen LogP contribution in [0.25, 0.3) is 6.08 Å². The van der Waals surface area contributed by atoms with Crippen LogP contribution in [0.3, 0.4) is 0 Å². The molecular formula is C18H18ClNO4S. The lowest BCUT2D eigenvalue weighted by Crippen LogP contribution is -2.29. The summed E-state index contributed by atoms with van der Waals surface area (Å²) in [5.41, 5.74) is 2.16. The van der Waals surface area contributed by atoms with E-state index < -0.39 is 18.0 Å². The van der Waals surface area contributed by atoms with Crippen molar-refractivity contribution in [3.8, 4) is 5.75 Å². The maximum Gasteiger partial charge on any atom is 0.331 e. The summed E-state index contributed by atoms with van der Waals surface area (Å²) in [6.07, 6.45) is 1.97. The van der Waals surface area contributed by atoms with Crippen molar-refractivity contribution < 1.29 is 19.1 Å². The standard InChI is InChI=1S/C18H18ClNO4S/c1-11-8-15(16(23-3)9-14(11)19)20-18(22)12(2)24-17(21)5-4-13-6-7-25-10-13/h4-10,12H,1-3H3,(H,20,22)/b5-4+/t12-/m1/s1. The highest BCUT2D eigenvalue weighted by Gasteiger charge is 2.19. The van der Waals surface area contributed by atoms with Gasteiger partial charge in [0.25, 0.3) is 5.91 Å². The minimum Gasteiger partial charge on any atom is -0.495 e. The van der Waals surface area contributed by atoms with E-state index >= 15 is 0 Å². The second kappa shape index (κ2) is 8.69. The molecule has 0 aliphatic heterocycles. The van der Waals surface area contributed by atoms with Gasteiger partial charge < -0.3 is 14.8 Å². The summed E-state index contributed by atoms with van der Waals surface area (Å²) in [4.78, 5) is 24.0. The minimum atomic E-state index is -0.958. The van der Waals surface area contributed by atoms with Gasteiger partial charge in [-0.1, -0.05) is 11.6 Å². The van der Waals surface area contributed by atoms with E-state index in [4.69, 9.17) is 21.1 Å². The van der Waals surface area contributed by atoms with Crippen LogP contribution >= 0.6 is 22.9 Å². The molecule has 1 aromatic carbocycles. The van der Waals surface area contributed by atoms with E-state index in [1.54, 1.807) is 18.2 Å². The van der Waals surface area contributed by atoms with Crippen LogP contribution in [-0.2, 0) is 14.3 Å². The number of carbonyl (C=O) groups excluding carboxylic acids is 2. The molecule has 25 heavy (non-hydrogen) atoms. The smallest absolute Gasteiger partial charge is 0.331 e. The summed E-state index contributed by atoms with van der Waals surface area (Å²) < 4.78 is 10.3. The van der Waals surface area contributed by atoms with E-state index in [0.717, 1.165) is 11.1 Å². The van der Waals surface area contributed by atoms with Gasteiger partial charge in [0.05, 0.1) is 12.8 Å². The monoisotopic (exact) mass is 379 g/mol. The first-order chi connectivity index (χ1) is 11.9. The Morgan fingerprint density at radius 1 is 1.36 bits per heavy atom. The normalized spacial score (nSPS) is 12.0. The maximum absolute atomic E-state index is 12.2. The summed E-state index contributed by atoms with van der Waals surface area (Å²) in [5, 5.41) is 7.02. The molecule has 1 N–H and O–H groups in total. The molecule has 1 heterocycles. The number of esters is 1. The molecule has 5 nitrogen and oxygen atoms in total. The number of thiophene rings is 1. The molecule has 0 bridgehead atoms. The number of ether oxygens (including phenoxy) is 2. The zero-order chi connectivity index (χ0) is 18.4. The first-order valence-corrected chi connectivity index (χ1v) is 8.78. The van der Waals surface area contributed by atoms with Gasteiger partial charge in [0, 0.05) is 17.2 Å². The van der Waals surface area contributed by atoms with Crippen molar-refractivity contribution in [1.82, 2.24) is 0 Å². The fourth-order valence-electron chi connectivity index (χ4n) is 1.97. The van der Waals surface area contributed by atoms with Gasteiger partial charge in [-0.25, -0.2) is 4.79 Å². The number of amides is 1. The minimum absolute atomic E-state index is 0.430. The highest BCUT2D eigenvalue weighted by atomic mass is 35.5. The van der Waals surface area contributed by atoms with Crippen LogP contribution in [-0.4, -0.2) is 25.1 Å². The molecule has 0 aliphatic carbocycles. The zero-order valence-corrected chi connectivity index (χ0v) is 15.6. The Bertz CT molecular complexity index is 787. The Labute approximate surface area is 155 Å².